The van der Waals surface area contributed by atoms with Crippen LogP contribution in [-0.2, 0) is 7.05 Å². The molecule has 1 aromatic carbocycles. The van der Waals surface area contributed by atoms with E-state index in [1.54, 1.807) is 0 Å². The normalized spacial score (nSPS) is 20.9. The predicted octanol–water partition coefficient (Wildman–Crippen LogP) is 3.51. The minimum atomic E-state index is 0.0301. The highest BCUT2D eigenvalue weighted by Crippen LogP contribution is 2.28. The highest BCUT2D eigenvalue weighted by molar-refractivity contribution is 6.00. The van der Waals surface area contributed by atoms with Crippen LogP contribution >= 0.6 is 0 Å². The largest absolute Gasteiger partial charge is 0.369 e. The molecule has 0 aliphatic carbocycles. The lowest BCUT2D eigenvalue weighted by molar-refractivity contribution is 0.0903. The first-order chi connectivity index (χ1) is 18.1. The molecule has 0 saturated carbocycles. The van der Waals surface area contributed by atoms with Crippen molar-refractivity contribution in [2.75, 3.05) is 77.4 Å². The molecular formula is C30H46N6O. The van der Waals surface area contributed by atoms with Gasteiger partial charge in [-0.15, -0.1) is 0 Å². The van der Waals surface area contributed by atoms with E-state index in [-0.39, 0.29) is 5.91 Å². The number of nitrogens with one attached hydrogen (secondary N) is 1. The molecule has 3 aliphatic heterocycles. The maximum atomic E-state index is 13.1. The number of benzene rings is 1. The predicted molar refractivity (Wildman–Crippen MR) is 152 cm³/mol. The fraction of sp³-hybridized carbons (Fsp3) is 0.633. The molecule has 0 atom stereocenters. The van der Waals surface area contributed by atoms with Crippen LogP contribution in [0.25, 0.3) is 11.1 Å². The molecule has 7 heteroatoms. The Morgan fingerprint density at radius 3 is 2.27 bits per heavy atom. The summed E-state index contributed by atoms with van der Waals surface area (Å²) in [4.78, 5) is 23.2. The van der Waals surface area contributed by atoms with Gasteiger partial charge < -0.3 is 29.5 Å². The minimum Gasteiger partial charge on any atom is -0.369 e. The van der Waals surface area contributed by atoms with Crippen LogP contribution in [-0.4, -0.2) is 104 Å². The fourth-order valence-corrected chi connectivity index (χ4v) is 6.30. The van der Waals surface area contributed by atoms with Gasteiger partial charge in [-0.1, -0.05) is 18.6 Å². The van der Waals surface area contributed by atoms with Crippen LogP contribution in [0.15, 0.2) is 36.7 Å². The average Bonchev–Trinajstić information content (AvgIpc) is 3.34. The van der Waals surface area contributed by atoms with E-state index in [1.165, 1.54) is 64.0 Å². The van der Waals surface area contributed by atoms with E-state index >= 15 is 0 Å². The van der Waals surface area contributed by atoms with E-state index in [9.17, 15) is 4.79 Å². The summed E-state index contributed by atoms with van der Waals surface area (Å²) in [7, 11) is 4.17. The van der Waals surface area contributed by atoms with Gasteiger partial charge in [0, 0.05) is 69.5 Å². The summed E-state index contributed by atoms with van der Waals surface area (Å²) in [5, 5.41) is 3.19. The second-order valence-corrected chi connectivity index (χ2v) is 11.4. The first-order valence-electron chi connectivity index (χ1n) is 14.5. The highest BCUT2D eigenvalue weighted by atomic mass is 16.1. The van der Waals surface area contributed by atoms with Crippen molar-refractivity contribution in [1.82, 2.24) is 24.6 Å². The summed E-state index contributed by atoms with van der Waals surface area (Å²) in [6.45, 7) is 11.1. The molecule has 1 aromatic heterocycles. The zero-order valence-electron chi connectivity index (χ0n) is 23.0. The summed E-state index contributed by atoms with van der Waals surface area (Å²) >= 11 is 0. The number of carbonyl (C=O) groups excluding carboxylic acids is 1. The summed E-state index contributed by atoms with van der Waals surface area (Å²) < 4.78 is 1.99. The molecular weight excluding hydrogens is 460 g/mol. The van der Waals surface area contributed by atoms with E-state index < -0.39 is 0 Å². The standard InChI is InChI=1S/C30H46N6O/c1-32-19-21-36(22-20-32)26-9-7-25(8-10-26)28-23-33(2)24-29(28)30(37)31-13-6-14-34-17-11-27(12-18-34)35-15-4-3-5-16-35/h7-10,23-24,27H,3-6,11-22H2,1-2H3,(H,31,37). The number of aryl methyl sites for hydroxylation is 1. The fourth-order valence-electron chi connectivity index (χ4n) is 6.30. The van der Waals surface area contributed by atoms with Gasteiger partial charge in [0.2, 0.25) is 0 Å². The number of rotatable bonds is 8. The molecule has 0 spiro atoms. The van der Waals surface area contributed by atoms with Crippen LogP contribution in [0, 0.1) is 0 Å². The summed E-state index contributed by atoms with van der Waals surface area (Å²) in [5.74, 6) is 0.0301. The van der Waals surface area contributed by atoms with E-state index in [0.717, 1.165) is 68.4 Å². The van der Waals surface area contributed by atoms with Crippen LogP contribution in [0.3, 0.4) is 0 Å². The van der Waals surface area contributed by atoms with Crippen molar-refractivity contribution in [3.8, 4) is 11.1 Å². The lowest BCUT2D eigenvalue weighted by Crippen LogP contribution is -2.47. The van der Waals surface area contributed by atoms with Gasteiger partial charge in [-0.25, -0.2) is 0 Å². The first kappa shape index (κ1) is 26.3. The topological polar surface area (TPSA) is 47.0 Å². The van der Waals surface area contributed by atoms with Gasteiger partial charge in [0.15, 0.2) is 0 Å². The van der Waals surface area contributed by atoms with Gasteiger partial charge in [-0.05, 0) is 89.6 Å². The number of hydrogen-bond donors (Lipinski definition) is 1. The number of likely N-dealkylation sites (N-methyl/N-ethyl adjacent to an activating group) is 1. The number of hydrogen-bond acceptors (Lipinski definition) is 5. The molecule has 37 heavy (non-hydrogen) atoms. The Kier molecular flexibility index (Phi) is 8.85. The highest BCUT2D eigenvalue weighted by Gasteiger charge is 2.25. The van der Waals surface area contributed by atoms with Gasteiger partial charge in [-0.3, -0.25) is 4.79 Å². The third-order valence-corrected chi connectivity index (χ3v) is 8.65. The SMILES string of the molecule is CN1CCN(c2ccc(-c3cn(C)cc3C(=O)NCCCN3CCC(N4CCCCC4)CC3)cc2)CC1. The van der Waals surface area contributed by atoms with Crippen LogP contribution in [0.2, 0.25) is 0 Å². The second kappa shape index (κ2) is 12.5. The molecule has 5 rings (SSSR count). The van der Waals surface area contributed by atoms with Gasteiger partial charge in [-0.2, -0.15) is 0 Å². The molecule has 3 aliphatic rings. The summed E-state index contributed by atoms with van der Waals surface area (Å²) in [5.41, 5.74) is 4.13. The molecule has 0 radical (unpaired) electrons. The number of likely N-dealkylation sites (tertiary alicyclic amines) is 2. The van der Waals surface area contributed by atoms with Crippen LogP contribution in [0.1, 0.15) is 48.9 Å². The smallest absolute Gasteiger partial charge is 0.253 e. The molecule has 1 amide bonds. The van der Waals surface area contributed by atoms with E-state index in [4.69, 9.17) is 0 Å². The van der Waals surface area contributed by atoms with E-state index in [0.29, 0.717) is 0 Å². The van der Waals surface area contributed by atoms with Gasteiger partial charge in [0.25, 0.3) is 5.91 Å². The maximum Gasteiger partial charge on any atom is 0.253 e. The van der Waals surface area contributed by atoms with Gasteiger partial charge in [0.05, 0.1) is 5.56 Å². The molecule has 3 fully saturated rings. The Morgan fingerprint density at radius 2 is 1.57 bits per heavy atom. The third-order valence-electron chi connectivity index (χ3n) is 8.65. The number of carbonyl (C=O) groups is 1. The third kappa shape index (κ3) is 6.75. The molecule has 2 aromatic rings. The van der Waals surface area contributed by atoms with E-state index in [1.807, 2.05) is 17.8 Å². The molecule has 3 saturated heterocycles. The van der Waals surface area contributed by atoms with E-state index in [2.05, 4.69) is 62.4 Å². The Labute approximate surface area is 223 Å². The van der Waals surface area contributed by atoms with Crippen molar-refractivity contribution in [2.45, 2.75) is 44.6 Å². The molecule has 1 N–H and O–H groups in total. The summed E-state index contributed by atoms with van der Waals surface area (Å²) in [6.07, 6.45) is 11.8. The quantitative estimate of drug-likeness (QED) is 0.556. The molecule has 0 unspecified atom stereocenters. The summed E-state index contributed by atoms with van der Waals surface area (Å²) in [6, 6.07) is 9.51. The van der Waals surface area contributed by atoms with Crippen molar-refractivity contribution in [3.05, 3.63) is 42.2 Å². The maximum absolute atomic E-state index is 13.1. The number of anilines is 1. The molecule has 4 heterocycles. The van der Waals surface area contributed by atoms with Crippen LogP contribution < -0.4 is 10.2 Å². The van der Waals surface area contributed by atoms with Gasteiger partial charge in [0.1, 0.15) is 0 Å². The Bertz CT molecular complexity index is 996. The number of nitrogens with zero attached hydrogens (tertiary/aromatic N) is 5. The van der Waals surface area contributed by atoms with Crippen molar-refractivity contribution >= 4 is 11.6 Å². The monoisotopic (exact) mass is 506 g/mol. The van der Waals surface area contributed by atoms with Crippen LogP contribution in [0.4, 0.5) is 5.69 Å². The lowest BCUT2D eigenvalue weighted by atomic mass is 10.00. The number of amides is 1. The first-order valence-corrected chi connectivity index (χ1v) is 14.5. The number of piperidine rings is 2. The zero-order chi connectivity index (χ0) is 25.6. The zero-order valence-corrected chi connectivity index (χ0v) is 23.0. The van der Waals surface area contributed by atoms with Crippen LogP contribution in [0.5, 0.6) is 0 Å². The average molecular weight is 507 g/mol. The Balaban J connectivity index is 1.08. The van der Waals surface area contributed by atoms with Crippen molar-refractivity contribution in [1.29, 1.82) is 0 Å². The Morgan fingerprint density at radius 1 is 0.865 bits per heavy atom. The number of piperazine rings is 1. The second-order valence-electron chi connectivity index (χ2n) is 11.4. The molecule has 7 nitrogen and oxygen atoms in total. The number of aromatic nitrogens is 1. The van der Waals surface area contributed by atoms with Crippen molar-refractivity contribution in [3.63, 3.8) is 0 Å². The molecule has 202 valence electrons. The lowest BCUT2D eigenvalue weighted by Gasteiger charge is -2.40. The van der Waals surface area contributed by atoms with Crippen molar-refractivity contribution < 1.29 is 4.79 Å². The minimum absolute atomic E-state index is 0.0301. The van der Waals surface area contributed by atoms with Gasteiger partial charge >= 0.3 is 0 Å². The Hall–Kier alpha value is -2.35. The molecule has 0 bridgehead atoms. The van der Waals surface area contributed by atoms with Crippen molar-refractivity contribution in [2.24, 2.45) is 7.05 Å².